The molecule has 1 fully saturated rings. The average molecular weight is 354 g/mol. The summed E-state index contributed by atoms with van der Waals surface area (Å²) in [5.74, 6) is 0.744. The molecule has 7 heteroatoms. The van der Waals surface area contributed by atoms with Gasteiger partial charge in [0.1, 0.15) is 5.75 Å². The summed E-state index contributed by atoms with van der Waals surface area (Å²) in [5, 5.41) is 0. The van der Waals surface area contributed by atoms with Gasteiger partial charge in [0.2, 0.25) is 10.0 Å². The molecule has 134 valence electrons. The average Bonchev–Trinajstić information content (AvgIpc) is 2.86. The maximum Gasteiger partial charge on any atom is 0.254 e. The highest BCUT2D eigenvalue weighted by atomic mass is 32.2. The van der Waals surface area contributed by atoms with Crippen molar-refractivity contribution in [3.8, 4) is 5.75 Å². The van der Waals surface area contributed by atoms with Crippen LogP contribution in [0.5, 0.6) is 5.75 Å². The molecule has 1 aromatic rings. The second-order valence-electron chi connectivity index (χ2n) is 5.95. The van der Waals surface area contributed by atoms with Gasteiger partial charge in [-0.05, 0) is 31.0 Å². The van der Waals surface area contributed by atoms with Crippen molar-refractivity contribution in [1.29, 1.82) is 0 Å². The Morgan fingerprint density at radius 3 is 2.71 bits per heavy atom. The Hall–Kier alpha value is -1.60. The molecule has 6 nitrogen and oxygen atoms in total. The number of nitrogens with zero attached hydrogens (tertiary/aromatic N) is 2. The Labute approximate surface area is 144 Å². The molecule has 24 heavy (non-hydrogen) atoms. The third-order valence-corrected chi connectivity index (χ3v) is 6.16. The fraction of sp³-hybridized carbons (Fsp3) is 0.588. The van der Waals surface area contributed by atoms with E-state index in [9.17, 15) is 13.2 Å². The van der Waals surface area contributed by atoms with Gasteiger partial charge in [-0.15, -0.1) is 0 Å². The van der Waals surface area contributed by atoms with Crippen LogP contribution in [0.15, 0.2) is 24.3 Å². The first-order valence-electron chi connectivity index (χ1n) is 8.39. The van der Waals surface area contributed by atoms with Crippen molar-refractivity contribution in [2.45, 2.75) is 26.2 Å². The van der Waals surface area contributed by atoms with Crippen LogP contribution in [0.2, 0.25) is 0 Å². The van der Waals surface area contributed by atoms with E-state index < -0.39 is 10.0 Å². The van der Waals surface area contributed by atoms with Gasteiger partial charge in [-0.25, -0.2) is 12.7 Å². The minimum Gasteiger partial charge on any atom is -0.497 e. The number of methoxy groups -OCH3 is 1. The smallest absolute Gasteiger partial charge is 0.254 e. The van der Waals surface area contributed by atoms with Gasteiger partial charge in [0.15, 0.2) is 0 Å². The van der Waals surface area contributed by atoms with Crippen LogP contribution in [0.1, 0.15) is 36.5 Å². The lowest BCUT2D eigenvalue weighted by atomic mass is 10.2. The number of carbonyl (C=O) groups is 1. The second kappa shape index (κ2) is 8.48. The minimum absolute atomic E-state index is 0.0818. The number of hydrogen-bond acceptors (Lipinski definition) is 4. The molecule has 0 aliphatic carbocycles. The first-order valence-corrected chi connectivity index (χ1v) is 10.00. The van der Waals surface area contributed by atoms with E-state index in [4.69, 9.17) is 4.74 Å². The molecule has 0 atom stereocenters. The van der Waals surface area contributed by atoms with E-state index in [1.807, 2.05) is 6.92 Å². The van der Waals surface area contributed by atoms with E-state index >= 15 is 0 Å². The van der Waals surface area contributed by atoms with Gasteiger partial charge >= 0.3 is 0 Å². The molecule has 0 saturated carbocycles. The number of sulfonamides is 1. The summed E-state index contributed by atoms with van der Waals surface area (Å²) in [5.41, 5.74) is 0.566. The lowest BCUT2D eigenvalue weighted by molar-refractivity contribution is 0.0764. The van der Waals surface area contributed by atoms with Crippen LogP contribution in [-0.4, -0.2) is 62.6 Å². The van der Waals surface area contributed by atoms with Crippen LogP contribution in [-0.2, 0) is 10.0 Å². The van der Waals surface area contributed by atoms with E-state index in [2.05, 4.69) is 0 Å². The Morgan fingerprint density at radius 1 is 1.21 bits per heavy atom. The van der Waals surface area contributed by atoms with E-state index in [1.54, 1.807) is 36.3 Å². The fourth-order valence-corrected chi connectivity index (χ4v) is 4.45. The number of benzene rings is 1. The van der Waals surface area contributed by atoms with Crippen molar-refractivity contribution in [3.63, 3.8) is 0 Å². The fourth-order valence-electron chi connectivity index (χ4n) is 2.77. The first-order chi connectivity index (χ1) is 11.5. The van der Waals surface area contributed by atoms with Gasteiger partial charge in [-0.1, -0.05) is 19.4 Å². The molecule has 1 heterocycles. The van der Waals surface area contributed by atoms with Gasteiger partial charge in [0, 0.05) is 31.7 Å². The number of ether oxygens (including phenoxy) is 1. The lowest BCUT2D eigenvalue weighted by Gasteiger charge is -2.22. The quantitative estimate of drug-likeness (QED) is 0.783. The number of rotatable bonds is 6. The molecule has 0 aromatic heterocycles. The van der Waals surface area contributed by atoms with E-state index in [1.165, 1.54) is 4.31 Å². The Morgan fingerprint density at radius 2 is 2.00 bits per heavy atom. The molecular formula is C17H26N2O4S. The van der Waals surface area contributed by atoms with Crippen LogP contribution in [0, 0.1) is 0 Å². The van der Waals surface area contributed by atoms with Crippen molar-refractivity contribution >= 4 is 15.9 Å². The summed E-state index contributed by atoms with van der Waals surface area (Å²) in [6.07, 6.45) is 2.18. The number of amides is 1. The standard InChI is InChI=1S/C17H26N2O4S/c1-3-4-13-24(21,22)19-10-6-9-18(11-12-19)17(20)15-7-5-8-16(14-15)23-2/h5,7-8,14H,3-4,6,9-13H2,1-2H3. The SMILES string of the molecule is CCCCS(=O)(=O)N1CCCN(C(=O)c2cccc(OC)c2)CC1. The molecule has 0 radical (unpaired) electrons. The molecule has 0 bridgehead atoms. The van der Waals surface area contributed by atoms with Crippen molar-refractivity contribution in [2.75, 3.05) is 39.0 Å². The monoisotopic (exact) mass is 354 g/mol. The zero-order valence-electron chi connectivity index (χ0n) is 14.4. The zero-order chi connectivity index (χ0) is 17.6. The maximum atomic E-state index is 12.7. The van der Waals surface area contributed by atoms with Gasteiger partial charge in [-0.2, -0.15) is 0 Å². The molecule has 1 aromatic carbocycles. The van der Waals surface area contributed by atoms with Gasteiger partial charge in [0.25, 0.3) is 5.91 Å². The predicted molar refractivity (Wildman–Crippen MR) is 93.8 cm³/mol. The van der Waals surface area contributed by atoms with Crippen LogP contribution in [0.4, 0.5) is 0 Å². The Balaban J connectivity index is 2.03. The van der Waals surface area contributed by atoms with Gasteiger partial charge in [0.05, 0.1) is 12.9 Å². The topological polar surface area (TPSA) is 66.9 Å². The van der Waals surface area contributed by atoms with Crippen LogP contribution >= 0.6 is 0 Å². The Bertz CT molecular complexity index is 660. The Kier molecular flexibility index (Phi) is 6.62. The number of hydrogen-bond donors (Lipinski definition) is 0. The summed E-state index contributed by atoms with van der Waals surface area (Å²) in [7, 11) is -1.65. The van der Waals surface area contributed by atoms with Crippen molar-refractivity contribution in [2.24, 2.45) is 0 Å². The molecule has 0 unspecified atom stereocenters. The number of unbranched alkanes of at least 4 members (excludes halogenated alkanes) is 1. The van der Waals surface area contributed by atoms with Crippen molar-refractivity contribution in [3.05, 3.63) is 29.8 Å². The highest BCUT2D eigenvalue weighted by molar-refractivity contribution is 7.89. The molecule has 0 spiro atoms. The van der Waals surface area contributed by atoms with Crippen LogP contribution in [0.25, 0.3) is 0 Å². The second-order valence-corrected chi connectivity index (χ2v) is 8.03. The molecule has 2 rings (SSSR count). The van der Waals surface area contributed by atoms with Crippen LogP contribution < -0.4 is 4.74 Å². The maximum absolute atomic E-state index is 12.7. The largest absolute Gasteiger partial charge is 0.497 e. The molecule has 0 N–H and O–H groups in total. The van der Waals surface area contributed by atoms with E-state index in [0.29, 0.717) is 50.3 Å². The van der Waals surface area contributed by atoms with E-state index in [-0.39, 0.29) is 11.7 Å². The first kappa shape index (κ1) is 18.7. The third kappa shape index (κ3) is 4.70. The van der Waals surface area contributed by atoms with Gasteiger partial charge in [-0.3, -0.25) is 4.79 Å². The van der Waals surface area contributed by atoms with Gasteiger partial charge < -0.3 is 9.64 Å². The van der Waals surface area contributed by atoms with Crippen molar-refractivity contribution < 1.29 is 17.9 Å². The summed E-state index contributed by atoms with van der Waals surface area (Å²) >= 11 is 0. The number of carbonyl (C=O) groups excluding carboxylic acids is 1. The third-order valence-electron chi connectivity index (χ3n) is 4.21. The zero-order valence-corrected chi connectivity index (χ0v) is 15.2. The van der Waals surface area contributed by atoms with Crippen molar-refractivity contribution in [1.82, 2.24) is 9.21 Å². The summed E-state index contributed by atoms with van der Waals surface area (Å²) in [4.78, 5) is 14.4. The minimum atomic E-state index is -3.22. The molecule has 1 amide bonds. The highest BCUT2D eigenvalue weighted by Crippen LogP contribution is 2.16. The molecule has 1 saturated heterocycles. The molecule has 1 aliphatic heterocycles. The summed E-state index contributed by atoms with van der Waals surface area (Å²) in [6, 6.07) is 7.04. The predicted octanol–water partition coefficient (Wildman–Crippen LogP) is 1.97. The van der Waals surface area contributed by atoms with Crippen LogP contribution in [0.3, 0.4) is 0 Å². The van der Waals surface area contributed by atoms with E-state index in [0.717, 1.165) is 6.42 Å². The highest BCUT2D eigenvalue weighted by Gasteiger charge is 2.26. The lowest BCUT2D eigenvalue weighted by Crippen LogP contribution is -2.38. The normalized spacial score (nSPS) is 16.7. The summed E-state index contributed by atoms with van der Waals surface area (Å²) in [6.45, 7) is 3.80. The molecular weight excluding hydrogens is 328 g/mol. The molecule has 1 aliphatic rings. The summed E-state index contributed by atoms with van der Waals surface area (Å²) < 4.78 is 31.4.